The van der Waals surface area contributed by atoms with Gasteiger partial charge in [0, 0.05) is 4.88 Å². The zero-order chi connectivity index (χ0) is 22.9. The number of imide groups is 1. The van der Waals surface area contributed by atoms with Crippen molar-refractivity contribution < 1.29 is 14.4 Å². The molecule has 1 aromatic carbocycles. The Hall–Kier alpha value is -2.67. The van der Waals surface area contributed by atoms with Crippen LogP contribution >= 0.6 is 11.3 Å². The number of nitrogens with zero attached hydrogens (tertiary/aromatic N) is 1. The molecule has 2 aromatic rings. The van der Waals surface area contributed by atoms with Gasteiger partial charge in [-0.05, 0) is 54.7 Å². The van der Waals surface area contributed by atoms with Crippen LogP contribution < -0.4 is 10.6 Å². The summed E-state index contributed by atoms with van der Waals surface area (Å²) in [4.78, 5) is 41.0. The van der Waals surface area contributed by atoms with Gasteiger partial charge in [0.05, 0.1) is 6.04 Å². The molecule has 1 aromatic heterocycles. The minimum Gasteiger partial charge on any atom is -0.343 e. The van der Waals surface area contributed by atoms with E-state index in [1.54, 1.807) is 18.3 Å². The molecular weight excluding hydrogens is 422 g/mol. The molecule has 0 bridgehead atoms. The van der Waals surface area contributed by atoms with E-state index in [1.807, 2.05) is 17.5 Å². The van der Waals surface area contributed by atoms with E-state index in [-0.39, 0.29) is 17.9 Å². The lowest BCUT2D eigenvalue weighted by Crippen LogP contribution is -2.50. The van der Waals surface area contributed by atoms with Crippen LogP contribution in [0.4, 0.5) is 4.79 Å². The predicted molar refractivity (Wildman–Crippen MR) is 125 cm³/mol. The Bertz CT molecular complexity index is 980. The van der Waals surface area contributed by atoms with Crippen molar-refractivity contribution in [2.24, 2.45) is 0 Å². The predicted octanol–water partition coefficient (Wildman–Crippen LogP) is 4.72. The van der Waals surface area contributed by atoms with E-state index in [4.69, 9.17) is 0 Å². The first-order valence-electron chi connectivity index (χ1n) is 11.5. The van der Waals surface area contributed by atoms with Crippen LogP contribution in [0, 0.1) is 0 Å². The van der Waals surface area contributed by atoms with E-state index in [2.05, 4.69) is 48.7 Å². The summed E-state index contributed by atoms with van der Waals surface area (Å²) in [5.41, 5.74) is 1.43. The van der Waals surface area contributed by atoms with E-state index in [0.29, 0.717) is 18.8 Å². The first kappa shape index (κ1) is 22.5. The van der Waals surface area contributed by atoms with Crippen LogP contribution in [0.5, 0.6) is 0 Å². The van der Waals surface area contributed by atoms with E-state index in [0.717, 1.165) is 34.6 Å². The van der Waals surface area contributed by atoms with Gasteiger partial charge in [0.1, 0.15) is 11.6 Å². The highest BCUT2D eigenvalue weighted by molar-refractivity contribution is 7.10. The highest BCUT2D eigenvalue weighted by atomic mass is 32.1. The van der Waals surface area contributed by atoms with Crippen molar-refractivity contribution in [2.75, 3.05) is 0 Å². The van der Waals surface area contributed by atoms with Gasteiger partial charge in [-0.2, -0.15) is 0 Å². The fraction of sp³-hybridized carbons (Fsp3) is 0.480. The average molecular weight is 454 g/mol. The van der Waals surface area contributed by atoms with Gasteiger partial charge in [-0.1, -0.05) is 57.0 Å². The van der Waals surface area contributed by atoms with E-state index in [1.165, 1.54) is 5.56 Å². The molecule has 6 nitrogen and oxygen atoms in total. The Balaban J connectivity index is 1.54. The number of hydrogen-bond donors (Lipinski definition) is 2. The zero-order valence-electron chi connectivity index (χ0n) is 18.9. The van der Waals surface area contributed by atoms with Gasteiger partial charge in [0.25, 0.3) is 5.91 Å². The standard InChI is InChI=1S/C25H31N3O3S/c1-4-16(2)18-9-11-19(12-10-18)21(20-8-7-15-32-20)26-22(29)17(3)28-23(30)25(27-24(28)31)13-5-6-14-25/h7-12,15-17,21H,4-6,13-14H2,1-3H3,(H,26,29)(H,27,31). The van der Waals surface area contributed by atoms with Crippen LogP contribution in [0.2, 0.25) is 0 Å². The molecule has 1 spiro atoms. The van der Waals surface area contributed by atoms with Crippen LogP contribution in [0.15, 0.2) is 41.8 Å². The smallest absolute Gasteiger partial charge is 0.325 e. The van der Waals surface area contributed by atoms with Gasteiger partial charge in [0.2, 0.25) is 5.91 Å². The van der Waals surface area contributed by atoms with Gasteiger partial charge in [-0.3, -0.25) is 9.59 Å². The quantitative estimate of drug-likeness (QED) is 0.596. The molecule has 1 aliphatic heterocycles. The highest BCUT2D eigenvalue weighted by Crippen LogP contribution is 2.36. The van der Waals surface area contributed by atoms with E-state index < -0.39 is 17.6 Å². The maximum Gasteiger partial charge on any atom is 0.325 e. The summed E-state index contributed by atoms with van der Waals surface area (Å²) in [6.45, 7) is 5.99. The topological polar surface area (TPSA) is 78.5 Å². The Morgan fingerprint density at radius 1 is 1.12 bits per heavy atom. The Morgan fingerprint density at radius 3 is 2.38 bits per heavy atom. The molecule has 0 radical (unpaired) electrons. The van der Waals surface area contributed by atoms with Gasteiger partial charge in [-0.25, -0.2) is 9.69 Å². The third-order valence-corrected chi connectivity index (χ3v) is 7.92. The summed E-state index contributed by atoms with van der Waals surface area (Å²) in [7, 11) is 0. The lowest BCUT2D eigenvalue weighted by molar-refractivity contribution is -0.138. The number of hydrogen-bond acceptors (Lipinski definition) is 4. The van der Waals surface area contributed by atoms with Crippen molar-refractivity contribution in [1.82, 2.24) is 15.5 Å². The minimum absolute atomic E-state index is 0.270. The zero-order valence-corrected chi connectivity index (χ0v) is 19.7. The highest BCUT2D eigenvalue weighted by Gasteiger charge is 2.54. The summed E-state index contributed by atoms with van der Waals surface area (Å²) >= 11 is 1.57. The first-order valence-corrected chi connectivity index (χ1v) is 12.3. The van der Waals surface area contributed by atoms with Crippen LogP contribution in [0.1, 0.15) is 80.8 Å². The SMILES string of the molecule is CCC(C)c1ccc(C(NC(=O)C(C)N2C(=O)NC3(CCCC3)C2=O)c2cccs2)cc1. The third-order valence-electron chi connectivity index (χ3n) is 6.98. The van der Waals surface area contributed by atoms with Crippen molar-refractivity contribution in [3.05, 3.63) is 57.8 Å². The number of thiophene rings is 1. The Morgan fingerprint density at radius 2 is 1.78 bits per heavy atom. The number of nitrogens with one attached hydrogen (secondary N) is 2. The largest absolute Gasteiger partial charge is 0.343 e. The molecule has 2 heterocycles. The maximum absolute atomic E-state index is 13.2. The Labute approximate surface area is 193 Å². The van der Waals surface area contributed by atoms with Crippen molar-refractivity contribution in [3.63, 3.8) is 0 Å². The van der Waals surface area contributed by atoms with Crippen LogP contribution in [-0.4, -0.2) is 34.3 Å². The van der Waals surface area contributed by atoms with E-state index >= 15 is 0 Å². The lowest BCUT2D eigenvalue weighted by atomic mass is 9.95. The number of urea groups is 1. The molecule has 7 heteroatoms. The molecule has 2 fully saturated rings. The van der Waals surface area contributed by atoms with Crippen molar-refractivity contribution >= 4 is 29.2 Å². The molecule has 2 N–H and O–H groups in total. The molecule has 3 unspecified atom stereocenters. The van der Waals surface area contributed by atoms with Gasteiger partial charge < -0.3 is 10.6 Å². The van der Waals surface area contributed by atoms with Crippen molar-refractivity contribution in [3.8, 4) is 0 Å². The molecule has 3 atom stereocenters. The number of rotatable bonds is 7. The number of amides is 4. The van der Waals surface area contributed by atoms with Gasteiger partial charge in [-0.15, -0.1) is 11.3 Å². The molecule has 1 aliphatic carbocycles. The van der Waals surface area contributed by atoms with Gasteiger partial charge >= 0.3 is 6.03 Å². The fourth-order valence-corrected chi connectivity index (χ4v) is 5.52. The number of carbonyl (C=O) groups excluding carboxylic acids is 3. The number of carbonyl (C=O) groups is 3. The molecule has 1 saturated carbocycles. The monoisotopic (exact) mass is 453 g/mol. The molecule has 1 saturated heterocycles. The minimum atomic E-state index is -0.885. The average Bonchev–Trinajstić information content (AvgIpc) is 3.54. The van der Waals surface area contributed by atoms with Gasteiger partial charge in [0.15, 0.2) is 0 Å². The summed E-state index contributed by atoms with van der Waals surface area (Å²) < 4.78 is 0. The van der Waals surface area contributed by atoms with Crippen molar-refractivity contribution in [1.29, 1.82) is 0 Å². The second-order valence-electron chi connectivity index (χ2n) is 9.00. The third kappa shape index (κ3) is 4.06. The normalized spacial score (nSPS) is 20.3. The van der Waals surface area contributed by atoms with Crippen LogP contribution in [0.25, 0.3) is 0 Å². The van der Waals surface area contributed by atoms with Crippen LogP contribution in [0.3, 0.4) is 0 Å². The summed E-state index contributed by atoms with van der Waals surface area (Å²) in [5.74, 6) is -0.136. The fourth-order valence-electron chi connectivity index (χ4n) is 4.72. The van der Waals surface area contributed by atoms with Crippen molar-refractivity contribution in [2.45, 2.75) is 76.4 Å². The molecule has 2 aliphatic rings. The van der Waals surface area contributed by atoms with Crippen LogP contribution in [-0.2, 0) is 9.59 Å². The van der Waals surface area contributed by atoms with E-state index in [9.17, 15) is 14.4 Å². The lowest BCUT2D eigenvalue weighted by Gasteiger charge is -2.26. The first-order chi connectivity index (χ1) is 15.4. The maximum atomic E-state index is 13.2. The molecule has 4 amide bonds. The second kappa shape index (κ2) is 9.06. The summed E-state index contributed by atoms with van der Waals surface area (Å²) in [6, 6.07) is 10.6. The molecule has 4 rings (SSSR count). The summed E-state index contributed by atoms with van der Waals surface area (Å²) in [6.07, 6.45) is 4.17. The number of benzene rings is 1. The molecular formula is C25H31N3O3S. The Kier molecular flexibility index (Phi) is 6.38. The second-order valence-corrected chi connectivity index (χ2v) is 9.98. The molecule has 32 heavy (non-hydrogen) atoms. The molecule has 170 valence electrons. The summed E-state index contributed by atoms with van der Waals surface area (Å²) in [5, 5.41) is 7.93.